The summed E-state index contributed by atoms with van der Waals surface area (Å²) in [5, 5.41) is 0.215. The van der Waals surface area contributed by atoms with Gasteiger partial charge in [0.25, 0.3) is 0 Å². The van der Waals surface area contributed by atoms with E-state index in [0.717, 1.165) is 6.29 Å². The van der Waals surface area contributed by atoms with Crippen molar-refractivity contribution in [3.05, 3.63) is 70.5 Å². The molecule has 3 aromatic rings. The number of pyridine rings is 2. The van der Waals surface area contributed by atoms with Crippen LogP contribution in [0.25, 0.3) is 11.3 Å². The number of halogens is 1. The minimum atomic E-state index is -1.27. The Hall–Kier alpha value is -3.49. The predicted molar refractivity (Wildman–Crippen MR) is 123 cm³/mol. The molecule has 170 valence electrons. The highest BCUT2D eigenvalue weighted by Gasteiger charge is 2.46. The van der Waals surface area contributed by atoms with Crippen LogP contribution in [-0.4, -0.2) is 42.4 Å². The normalized spacial score (nSPS) is 18.7. The average Bonchev–Trinajstić information content (AvgIpc) is 3.19. The number of ether oxygens (including phenoxy) is 2. The van der Waals surface area contributed by atoms with Crippen molar-refractivity contribution in [3.8, 4) is 22.9 Å². The highest BCUT2D eigenvalue weighted by atomic mass is 35.5. The third-order valence-corrected chi connectivity index (χ3v) is 6.56. The van der Waals surface area contributed by atoms with Gasteiger partial charge in [-0.05, 0) is 24.6 Å². The Labute approximate surface area is 195 Å². The lowest BCUT2D eigenvalue weighted by molar-refractivity contribution is -0.123. The molecule has 0 bridgehead atoms. The van der Waals surface area contributed by atoms with Gasteiger partial charge in [-0.25, -0.2) is 9.97 Å². The van der Waals surface area contributed by atoms with Crippen molar-refractivity contribution in [2.75, 3.05) is 20.3 Å². The number of amides is 1. The first-order valence-electron chi connectivity index (χ1n) is 10.2. The molecule has 9 heteroatoms. The summed E-state index contributed by atoms with van der Waals surface area (Å²) in [7, 11) is 1.45. The molecule has 1 amide bonds. The summed E-state index contributed by atoms with van der Waals surface area (Å²) in [6.45, 7) is 1.67. The summed E-state index contributed by atoms with van der Waals surface area (Å²) >= 11 is 6.56. The maximum atomic E-state index is 12.6. The molecule has 4 rings (SSSR count). The number of primary amides is 1. The second kappa shape index (κ2) is 8.46. The smallest absolute Gasteiger partial charge is 0.232 e. The number of aldehydes is 1. The first kappa shape index (κ1) is 22.7. The topological polar surface area (TPSA) is 130 Å². The van der Waals surface area contributed by atoms with E-state index >= 15 is 0 Å². The van der Waals surface area contributed by atoms with Gasteiger partial charge in [0.05, 0.1) is 12.8 Å². The number of hydrogen-bond acceptors (Lipinski definition) is 7. The monoisotopic (exact) mass is 466 g/mol. The first-order chi connectivity index (χ1) is 15.8. The van der Waals surface area contributed by atoms with Crippen molar-refractivity contribution < 1.29 is 19.1 Å². The summed E-state index contributed by atoms with van der Waals surface area (Å²) < 4.78 is 11.2. The SMILES string of the molecule is COc1nccc(-c2nc([C@@](C=O)(CN)c3ccccc3)cc3c2OC[C@]3(C)C(N)=O)c1Cl. The van der Waals surface area contributed by atoms with E-state index in [4.69, 9.17) is 37.5 Å². The molecular formula is C24H23ClN4O4. The van der Waals surface area contributed by atoms with Crippen LogP contribution in [0.15, 0.2) is 48.7 Å². The van der Waals surface area contributed by atoms with Crippen molar-refractivity contribution in [3.63, 3.8) is 0 Å². The van der Waals surface area contributed by atoms with Crippen LogP contribution in [-0.2, 0) is 20.4 Å². The molecule has 0 saturated carbocycles. The van der Waals surface area contributed by atoms with E-state index in [2.05, 4.69) is 4.98 Å². The molecule has 8 nitrogen and oxygen atoms in total. The van der Waals surface area contributed by atoms with E-state index < -0.39 is 16.7 Å². The molecule has 0 unspecified atom stereocenters. The van der Waals surface area contributed by atoms with Gasteiger partial charge in [-0.1, -0.05) is 41.9 Å². The largest absolute Gasteiger partial charge is 0.489 e. The minimum Gasteiger partial charge on any atom is -0.489 e. The maximum absolute atomic E-state index is 12.6. The molecule has 1 aliphatic heterocycles. The number of nitrogens with zero attached hydrogens (tertiary/aromatic N) is 2. The quantitative estimate of drug-likeness (QED) is 0.511. The number of carbonyl (C=O) groups is 2. The van der Waals surface area contributed by atoms with Crippen LogP contribution in [0.1, 0.15) is 23.7 Å². The predicted octanol–water partition coefficient (Wildman–Crippen LogP) is 2.38. The van der Waals surface area contributed by atoms with Crippen LogP contribution in [0, 0.1) is 0 Å². The number of benzene rings is 1. The van der Waals surface area contributed by atoms with Gasteiger partial charge in [-0.3, -0.25) is 4.79 Å². The molecule has 1 aromatic carbocycles. The summed E-state index contributed by atoms with van der Waals surface area (Å²) in [4.78, 5) is 33.9. The van der Waals surface area contributed by atoms with E-state index in [1.54, 1.807) is 19.1 Å². The Morgan fingerprint density at radius 1 is 1.33 bits per heavy atom. The van der Waals surface area contributed by atoms with E-state index in [1.807, 2.05) is 30.3 Å². The molecular weight excluding hydrogens is 444 g/mol. The molecule has 33 heavy (non-hydrogen) atoms. The molecule has 0 saturated heterocycles. The number of nitrogens with two attached hydrogens (primary N) is 2. The van der Waals surface area contributed by atoms with E-state index in [1.165, 1.54) is 13.3 Å². The Balaban J connectivity index is 2.08. The van der Waals surface area contributed by atoms with Crippen molar-refractivity contribution >= 4 is 23.8 Å². The fourth-order valence-corrected chi connectivity index (χ4v) is 4.31. The molecule has 1 aliphatic rings. The zero-order valence-electron chi connectivity index (χ0n) is 18.2. The van der Waals surface area contributed by atoms with Crippen LogP contribution in [0.3, 0.4) is 0 Å². The zero-order chi connectivity index (χ0) is 23.8. The number of methoxy groups -OCH3 is 1. The number of rotatable bonds is 7. The summed E-state index contributed by atoms with van der Waals surface area (Å²) in [5.74, 6) is 0.00122. The Kier molecular flexibility index (Phi) is 5.82. The molecule has 0 radical (unpaired) electrons. The molecule has 2 aromatic heterocycles. The average molecular weight is 467 g/mol. The maximum Gasteiger partial charge on any atom is 0.232 e. The van der Waals surface area contributed by atoms with Gasteiger partial charge in [-0.2, -0.15) is 0 Å². The molecule has 4 N–H and O–H groups in total. The molecule has 0 aliphatic carbocycles. The number of aromatic nitrogens is 2. The molecule has 0 spiro atoms. The Bertz CT molecular complexity index is 1240. The van der Waals surface area contributed by atoms with Gasteiger partial charge >= 0.3 is 0 Å². The lowest BCUT2D eigenvalue weighted by Gasteiger charge is -2.29. The number of fused-ring (bicyclic) bond motifs is 1. The Morgan fingerprint density at radius 2 is 2.06 bits per heavy atom. The van der Waals surface area contributed by atoms with Crippen LogP contribution in [0.5, 0.6) is 11.6 Å². The van der Waals surface area contributed by atoms with Gasteiger partial charge in [-0.15, -0.1) is 0 Å². The Morgan fingerprint density at radius 3 is 2.67 bits per heavy atom. The number of carbonyl (C=O) groups excluding carboxylic acids is 2. The summed E-state index contributed by atoms with van der Waals surface area (Å²) in [5.41, 5.74) is 11.9. The lowest BCUT2D eigenvalue weighted by Crippen LogP contribution is -2.41. The van der Waals surface area contributed by atoms with Crippen molar-refractivity contribution in [1.82, 2.24) is 9.97 Å². The van der Waals surface area contributed by atoms with E-state index in [-0.39, 0.29) is 24.1 Å². The van der Waals surface area contributed by atoms with Crippen LogP contribution in [0.2, 0.25) is 5.02 Å². The third-order valence-electron chi connectivity index (χ3n) is 6.19. The molecule has 3 heterocycles. The van der Waals surface area contributed by atoms with Gasteiger partial charge in [0.1, 0.15) is 40.2 Å². The van der Waals surface area contributed by atoms with Gasteiger partial charge in [0.15, 0.2) is 0 Å². The zero-order valence-corrected chi connectivity index (χ0v) is 18.9. The summed E-state index contributed by atoms with van der Waals surface area (Å²) in [6.07, 6.45) is 2.29. The molecule has 0 fully saturated rings. The van der Waals surface area contributed by atoms with E-state index in [0.29, 0.717) is 33.8 Å². The lowest BCUT2D eigenvalue weighted by atomic mass is 9.75. The van der Waals surface area contributed by atoms with E-state index in [9.17, 15) is 9.59 Å². The van der Waals surface area contributed by atoms with Gasteiger partial charge in [0.2, 0.25) is 11.8 Å². The summed E-state index contributed by atoms with van der Waals surface area (Å²) in [6, 6.07) is 12.4. The van der Waals surface area contributed by atoms with Crippen LogP contribution in [0.4, 0.5) is 0 Å². The van der Waals surface area contributed by atoms with Crippen molar-refractivity contribution in [2.24, 2.45) is 11.5 Å². The minimum absolute atomic E-state index is 0.0255. The van der Waals surface area contributed by atoms with Crippen molar-refractivity contribution in [2.45, 2.75) is 17.8 Å². The fourth-order valence-electron chi connectivity index (χ4n) is 4.03. The second-order valence-electron chi connectivity index (χ2n) is 8.06. The van der Waals surface area contributed by atoms with Gasteiger partial charge < -0.3 is 25.7 Å². The standard InChI is InChI=1S/C24H23ClN4O4/c1-23(22(27)31)13-33-20-16(23)10-17(24(11-26,12-30)14-6-4-3-5-7-14)29-19(20)15-8-9-28-21(32-2)18(15)25/h3-10,12H,11,13,26H2,1-2H3,(H2,27,31)/t23-,24+/m0/s1. The second-order valence-corrected chi connectivity index (χ2v) is 8.44. The van der Waals surface area contributed by atoms with Gasteiger partial charge in [0, 0.05) is 23.9 Å². The third kappa shape index (κ3) is 3.42. The van der Waals surface area contributed by atoms with Crippen molar-refractivity contribution in [1.29, 1.82) is 0 Å². The fraction of sp³-hybridized carbons (Fsp3) is 0.250. The molecule has 2 atom stereocenters. The number of hydrogen-bond donors (Lipinski definition) is 2. The highest BCUT2D eigenvalue weighted by Crippen LogP contribution is 2.48. The first-order valence-corrected chi connectivity index (χ1v) is 10.6. The van der Waals surface area contributed by atoms with Crippen LogP contribution >= 0.6 is 11.6 Å². The highest BCUT2D eigenvalue weighted by molar-refractivity contribution is 6.34. The van der Waals surface area contributed by atoms with Crippen LogP contribution < -0.4 is 20.9 Å².